The summed E-state index contributed by atoms with van der Waals surface area (Å²) in [6.45, 7) is 0.667. The van der Waals surface area contributed by atoms with Crippen molar-refractivity contribution < 1.29 is 0 Å². The molecule has 3 heterocycles. The molecule has 0 saturated heterocycles. The first kappa shape index (κ1) is 9.60. The Hall–Kier alpha value is -2.61. The molecular weight excluding hydrogens is 214 g/mol. The van der Waals surface area contributed by atoms with Crippen LogP contribution in [0.25, 0.3) is 11.3 Å². The van der Waals surface area contributed by atoms with Crippen LogP contribution in [0, 0.1) is 11.3 Å². The van der Waals surface area contributed by atoms with Gasteiger partial charge >= 0.3 is 0 Å². The number of aromatic nitrogens is 3. The molecule has 5 nitrogen and oxygen atoms in total. The van der Waals surface area contributed by atoms with Gasteiger partial charge in [0, 0.05) is 23.5 Å². The number of fused-ring (bicyclic) bond motifs is 1. The van der Waals surface area contributed by atoms with Crippen molar-refractivity contribution in [2.75, 3.05) is 0 Å². The monoisotopic (exact) mass is 221 g/mol. The highest BCUT2D eigenvalue weighted by Crippen LogP contribution is 2.20. The molecule has 0 N–H and O–H groups in total. The highest BCUT2D eigenvalue weighted by atomic mass is 14.8. The van der Waals surface area contributed by atoms with Crippen LogP contribution in [0.5, 0.6) is 0 Å². The molecule has 1 aliphatic heterocycles. The average molecular weight is 221 g/mol. The van der Waals surface area contributed by atoms with Crippen molar-refractivity contribution in [2.45, 2.75) is 6.54 Å². The standard InChI is InChI=1S/C12H7N5/c13-2-10-5-17-12(7-15-10)9-1-8-3-14-6-11(8)16-4-9/h1,4-7H,3H2. The molecule has 1 aliphatic rings. The first-order chi connectivity index (χ1) is 8.36. The van der Waals surface area contributed by atoms with E-state index in [2.05, 4.69) is 19.9 Å². The first-order valence-electron chi connectivity index (χ1n) is 5.08. The van der Waals surface area contributed by atoms with E-state index in [0.29, 0.717) is 17.9 Å². The largest absolute Gasteiger partial charge is 0.286 e. The third kappa shape index (κ3) is 1.66. The fourth-order valence-electron chi connectivity index (χ4n) is 1.67. The molecule has 5 heteroatoms. The van der Waals surface area contributed by atoms with Gasteiger partial charge in [-0.3, -0.25) is 15.0 Å². The summed E-state index contributed by atoms with van der Waals surface area (Å²) < 4.78 is 0. The zero-order valence-electron chi connectivity index (χ0n) is 8.83. The maximum Gasteiger partial charge on any atom is 0.158 e. The van der Waals surface area contributed by atoms with Gasteiger partial charge in [0.05, 0.1) is 30.3 Å². The third-order valence-corrected chi connectivity index (χ3v) is 2.54. The van der Waals surface area contributed by atoms with Crippen LogP contribution in [-0.4, -0.2) is 21.2 Å². The number of nitriles is 1. The molecular formula is C12H7N5. The van der Waals surface area contributed by atoms with Gasteiger partial charge in [0.15, 0.2) is 5.69 Å². The van der Waals surface area contributed by atoms with Crippen LogP contribution >= 0.6 is 0 Å². The molecule has 0 amide bonds. The fourth-order valence-corrected chi connectivity index (χ4v) is 1.67. The van der Waals surface area contributed by atoms with Gasteiger partial charge in [0.25, 0.3) is 0 Å². The zero-order chi connectivity index (χ0) is 11.7. The minimum absolute atomic E-state index is 0.311. The lowest BCUT2D eigenvalue weighted by molar-refractivity contribution is 1.09. The van der Waals surface area contributed by atoms with Crippen molar-refractivity contribution in [2.24, 2.45) is 4.99 Å². The third-order valence-electron chi connectivity index (χ3n) is 2.54. The van der Waals surface area contributed by atoms with E-state index in [1.54, 1.807) is 18.6 Å². The van der Waals surface area contributed by atoms with E-state index >= 15 is 0 Å². The summed E-state index contributed by atoms with van der Waals surface area (Å²) >= 11 is 0. The molecule has 0 aromatic carbocycles. The number of hydrogen-bond acceptors (Lipinski definition) is 5. The summed E-state index contributed by atoms with van der Waals surface area (Å²) in [6.07, 6.45) is 6.55. The first-order valence-corrected chi connectivity index (χ1v) is 5.08. The molecule has 0 radical (unpaired) electrons. The van der Waals surface area contributed by atoms with Gasteiger partial charge in [-0.25, -0.2) is 4.98 Å². The lowest BCUT2D eigenvalue weighted by Crippen LogP contribution is -1.93. The van der Waals surface area contributed by atoms with E-state index in [1.165, 1.54) is 6.20 Å². The van der Waals surface area contributed by atoms with Crippen LogP contribution in [0.3, 0.4) is 0 Å². The van der Waals surface area contributed by atoms with Crippen LogP contribution in [0.4, 0.5) is 0 Å². The van der Waals surface area contributed by atoms with Gasteiger partial charge in [-0.15, -0.1) is 0 Å². The molecule has 80 valence electrons. The average Bonchev–Trinajstić information content (AvgIpc) is 2.86. The predicted molar refractivity (Wildman–Crippen MR) is 61.3 cm³/mol. The number of rotatable bonds is 1. The zero-order valence-corrected chi connectivity index (χ0v) is 8.83. The molecule has 2 aromatic heterocycles. The lowest BCUT2D eigenvalue weighted by atomic mass is 10.1. The van der Waals surface area contributed by atoms with Crippen LogP contribution in [0.2, 0.25) is 0 Å². The Bertz CT molecular complexity index is 637. The Kier molecular flexibility index (Phi) is 2.12. The van der Waals surface area contributed by atoms with E-state index < -0.39 is 0 Å². The normalized spacial score (nSPS) is 12.2. The lowest BCUT2D eigenvalue weighted by Gasteiger charge is -2.02. The van der Waals surface area contributed by atoms with Crippen molar-refractivity contribution in [3.63, 3.8) is 0 Å². The van der Waals surface area contributed by atoms with E-state index in [-0.39, 0.29) is 0 Å². The molecule has 0 atom stereocenters. The van der Waals surface area contributed by atoms with Crippen molar-refractivity contribution >= 4 is 6.21 Å². The molecule has 0 spiro atoms. The number of aliphatic imine (C=N–C) groups is 1. The van der Waals surface area contributed by atoms with E-state index in [9.17, 15) is 0 Å². The number of pyridine rings is 1. The Balaban J connectivity index is 2.02. The Morgan fingerprint density at radius 1 is 1.12 bits per heavy atom. The van der Waals surface area contributed by atoms with E-state index in [0.717, 1.165) is 16.8 Å². The maximum atomic E-state index is 8.64. The van der Waals surface area contributed by atoms with Gasteiger partial charge in [-0.05, 0) is 6.07 Å². The molecule has 0 saturated carbocycles. The van der Waals surface area contributed by atoms with Gasteiger partial charge in [0.2, 0.25) is 0 Å². The Morgan fingerprint density at radius 3 is 2.82 bits per heavy atom. The van der Waals surface area contributed by atoms with Crippen LogP contribution < -0.4 is 0 Å². The summed E-state index contributed by atoms with van der Waals surface area (Å²) in [4.78, 5) is 16.6. The summed E-state index contributed by atoms with van der Waals surface area (Å²) in [5.74, 6) is 0. The van der Waals surface area contributed by atoms with Gasteiger partial charge in [0.1, 0.15) is 6.07 Å². The topological polar surface area (TPSA) is 74.8 Å². The second-order valence-electron chi connectivity index (χ2n) is 3.64. The minimum atomic E-state index is 0.311. The predicted octanol–water partition coefficient (Wildman–Crippen LogP) is 1.34. The molecule has 0 bridgehead atoms. The molecule has 3 rings (SSSR count). The molecule has 17 heavy (non-hydrogen) atoms. The second kappa shape index (κ2) is 3.76. The minimum Gasteiger partial charge on any atom is -0.286 e. The quantitative estimate of drug-likeness (QED) is 0.728. The van der Waals surface area contributed by atoms with Gasteiger partial charge in [-0.1, -0.05) is 0 Å². The fraction of sp³-hybridized carbons (Fsp3) is 0.0833. The van der Waals surface area contributed by atoms with Crippen molar-refractivity contribution in [1.82, 2.24) is 15.0 Å². The SMILES string of the molecule is N#Cc1cnc(-c2cnc3c(c2)CN=C3)cn1. The van der Waals surface area contributed by atoms with E-state index in [1.807, 2.05) is 12.1 Å². The maximum absolute atomic E-state index is 8.64. The second-order valence-corrected chi connectivity index (χ2v) is 3.64. The van der Waals surface area contributed by atoms with Crippen LogP contribution in [0.1, 0.15) is 17.0 Å². The van der Waals surface area contributed by atoms with Gasteiger partial charge in [-0.2, -0.15) is 5.26 Å². The van der Waals surface area contributed by atoms with Crippen molar-refractivity contribution in [3.05, 3.63) is 41.6 Å². The highest BCUT2D eigenvalue weighted by Gasteiger charge is 2.10. The summed E-state index contributed by atoms with van der Waals surface area (Å²) in [5, 5.41) is 8.64. The number of nitrogens with zero attached hydrogens (tertiary/aromatic N) is 5. The van der Waals surface area contributed by atoms with Crippen molar-refractivity contribution in [3.8, 4) is 17.3 Å². The van der Waals surface area contributed by atoms with E-state index in [4.69, 9.17) is 5.26 Å². The summed E-state index contributed by atoms with van der Waals surface area (Å²) in [7, 11) is 0. The Labute approximate surface area is 97.5 Å². The molecule has 0 aliphatic carbocycles. The highest BCUT2D eigenvalue weighted by molar-refractivity contribution is 5.82. The number of hydrogen-bond donors (Lipinski definition) is 0. The van der Waals surface area contributed by atoms with Gasteiger partial charge < -0.3 is 0 Å². The summed E-state index contributed by atoms with van der Waals surface area (Å²) in [6, 6.07) is 3.94. The Morgan fingerprint density at radius 2 is 2.06 bits per heavy atom. The van der Waals surface area contributed by atoms with Crippen LogP contribution in [0.15, 0.2) is 29.6 Å². The van der Waals surface area contributed by atoms with Crippen molar-refractivity contribution in [1.29, 1.82) is 5.26 Å². The molecule has 0 fully saturated rings. The van der Waals surface area contributed by atoms with Crippen LogP contribution in [-0.2, 0) is 6.54 Å². The summed E-state index contributed by atoms with van der Waals surface area (Å²) in [5.41, 5.74) is 3.92. The molecule has 0 unspecified atom stereocenters. The molecule has 2 aromatic rings. The smallest absolute Gasteiger partial charge is 0.158 e.